The maximum atomic E-state index is 11.2. The first kappa shape index (κ1) is 17.4. The summed E-state index contributed by atoms with van der Waals surface area (Å²) in [6, 6.07) is 7.48. The van der Waals surface area contributed by atoms with Crippen LogP contribution in [0.2, 0.25) is 0 Å². The molecule has 1 aromatic carbocycles. The molecular formula is C15H13IN2O4S. The fourth-order valence-electron chi connectivity index (χ4n) is 1.95. The molecule has 1 aromatic heterocycles. The highest BCUT2D eigenvalue weighted by Crippen LogP contribution is 2.35. The van der Waals surface area contributed by atoms with Crippen LogP contribution in [0.25, 0.3) is 0 Å². The Labute approximate surface area is 150 Å². The predicted molar refractivity (Wildman–Crippen MR) is 95.6 cm³/mol. The molecule has 2 aromatic rings. The number of carboxylic acid groups (broad SMARTS) is 1. The lowest BCUT2D eigenvalue weighted by molar-refractivity contribution is 0.0701. The van der Waals surface area contributed by atoms with E-state index in [-0.39, 0.29) is 4.88 Å². The fraction of sp³-hybridized carbons (Fsp3) is 0.200. The third kappa shape index (κ3) is 3.68. The van der Waals surface area contributed by atoms with Crippen molar-refractivity contribution in [3.8, 4) is 17.6 Å². The van der Waals surface area contributed by atoms with Gasteiger partial charge in [-0.1, -0.05) is 0 Å². The Bertz CT molecular complexity index is 783. The molecule has 2 N–H and O–H groups in total. The molecule has 0 spiro atoms. The van der Waals surface area contributed by atoms with Crippen LogP contribution in [0.3, 0.4) is 0 Å². The van der Waals surface area contributed by atoms with Gasteiger partial charge in [0.15, 0.2) is 0 Å². The zero-order valence-electron chi connectivity index (χ0n) is 12.3. The number of anilines is 1. The fourth-order valence-corrected chi connectivity index (χ4v) is 3.96. The van der Waals surface area contributed by atoms with E-state index >= 15 is 0 Å². The number of halogens is 1. The van der Waals surface area contributed by atoms with Crippen molar-refractivity contribution in [2.45, 2.75) is 6.54 Å². The first-order valence-electron chi connectivity index (χ1n) is 6.42. The Kier molecular flexibility index (Phi) is 5.68. The summed E-state index contributed by atoms with van der Waals surface area (Å²) in [5, 5.41) is 22.0. The van der Waals surface area contributed by atoms with Gasteiger partial charge in [-0.05, 0) is 34.7 Å². The minimum Gasteiger partial charge on any atom is -0.497 e. The van der Waals surface area contributed by atoms with Gasteiger partial charge in [0.1, 0.15) is 33.0 Å². The van der Waals surface area contributed by atoms with E-state index in [2.05, 4.69) is 5.32 Å². The summed E-state index contributed by atoms with van der Waals surface area (Å²) in [6.45, 7) is 0.400. The molecule has 0 aliphatic heterocycles. The Balaban J connectivity index is 2.26. The highest BCUT2D eigenvalue weighted by molar-refractivity contribution is 14.1. The Morgan fingerprint density at radius 2 is 2.17 bits per heavy atom. The van der Waals surface area contributed by atoms with Crippen LogP contribution in [0, 0.1) is 14.9 Å². The molecule has 0 saturated carbocycles. The van der Waals surface area contributed by atoms with Gasteiger partial charge in [-0.15, -0.1) is 11.3 Å². The van der Waals surface area contributed by atoms with Crippen LogP contribution in [0.5, 0.6) is 11.5 Å². The summed E-state index contributed by atoms with van der Waals surface area (Å²) >= 11 is 2.93. The average molecular weight is 444 g/mol. The standard InChI is InChI=1S/C15H13IN2O4S/c1-21-9-4-3-8(11(5-9)22-2)7-18-14-10(6-17)12(16)13(23-14)15(19)20/h3-5,18H,7H2,1-2H3,(H,19,20). The van der Waals surface area contributed by atoms with E-state index in [9.17, 15) is 10.1 Å². The van der Waals surface area contributed by atoms with E-state index in [4.69, 9.17) is 14.6 Å². The molecule has 2 rings (SSSR count). The van der Waals surface area contributed by atoms with Crippen LogP contribution < -0.4 is 14.8 Å². The van der Waals surface area contributed by atoms with Gasteiger partial charge in [-0.25, -0.2) is 4.79 Å². The van der Waals surface area contributed by atoms with Gasteiger partial charge >= 0.3 is 5.97 Å². The van der Waals surface area contributed by atoms with Crippen molar-refractivity contribution in [2.75, 3.05) is 19.5 Å². The van der Waals surface area contributed by atoms with Crippen molar-refractivity contribution in [1.29, 1.82) is 5.26 Å². The number of nitrogens with one attached hydrogen (secondary N) is 1. The second-order valence-electron chi connectivity index (χ2n) is 4.40. The summed E-state index contributed by atoms with van der Waals surface area (Å²) in [5.74, 6) is 0.299. The minimum absolute atomic E-state index is 0.159. The Morgan fingerprint density at radius 3 is 2.74 bits per heavy atom. The molecule has 0 amide bonds. The van der Waals surface area contributed by atoms with Crippen molar-refractivity contribution < 1.29 is 19.4 Å². The highest BCUT2D eigenvalue weighted by Gasteiger charge is 2.20. The van der Waals surface area contributed by atoms with Crippen LogP contribution in [0.4, 0.5) is 5.00 Å². The molecule has 0 saturated heterocycles. The molecule has 120 valence electrons. The van der Waals surface area contributed by atoms with E-state index in [1.165, 1.54) is 0 Å². The van der Waals surface area contributed by atoms with E-state index in [1.54, 1.807) is 20.3 Å². The quantitative estimate of drug-likeness (QED) is 0.663. The summed E-state index contributed by atoms with van der Waals surface area (Å²) < 4.78 is 10.9. The molecule has 8 heteroatoms. The summed E-state index contributed by atoms with van der Waals surface area (Å²) in [7, 11) is 3.14. The summed E-state index contributed by atoms with van der Waals surface area (Å²) in [5.41, 5.74) is 1.22. The van der Waals surface area contributed by atoms with Crippen molar-refractivity contribution in [3.63, 3.8) is 0 Å². The maximum Gasteiger partial charge on any atom is 0.347 e. The SMILES string of the molecule is COc1ccc(CNc2sc(C(=O)O)c(I)c2C#N)c(OC)c1. The number of hydrogen-bond donors (Lipinski definition) is 2. The first-order valence-corrected chi connectivity index (χ1v) is 8.31. The van der Waals surface area contributed by atoms with Crippen LogP contribution in [0.1, 0.15) is 20.8 Å². The van der Waals surface area contributed by atoms with Crippen molar-refractivity contribution in [3.05, 3.63) is 37.8 Å². The smallest absolute Gasteiger partial charge is 0.347 e. The Hall–Kier alpha value is -1.99. The van der Waals surface area contributed by atoms with Gasteiger partial charge in [0.2, 0.25) is 0 Å². The van der Waals surface area contributed by atoms with Crippen molar-refractivity contribution in [2.24, 2.45) is 0 Å². The lowest BCUT2D eigenvalue weighted by Crippen LogP contribution is -2.02. The van der Waals surface area contributed by atoms with Gasteiger partial charge in [-0.3, -0.25) is 0 Å². The molecule has 0 atom stereocenters. The molecule has 0 aliphatic carbocycles. The maximum absolute atomic E-state index is 11.2. The summed E-state index contributed by atoms with van der Waals surface area (Å²) in [6.07, 6.45) is 0. The molecule has 0 aliphatic rings. The number of rotatable bonds is 6. The predicted octanol–water partition coefficient (Wildman–Crippen LogP) is 3.55. The van der Waals surface area contributed by atoms with Crippen molar-refractivity contribution >= 4 is 44.9 Å². The van der Waals surface area contributed by atoms with Gasteiger partial charge in [0.25, 0.3) is 0 Å². The van der Waals surface area contributed by atoms with Crippen LogP contribution in [-0.2, 0) is 6.54 Å². The van der Waals surface area contributed by atoms with Crippen LogP contribution in [-0.4, -0.2) is 25.3 Å². The largest absolute Gasteiger partial charge is 0.497 e. The van der Waals surface area contributed by atoms with E-state index in [0.29, 0.717) is 32.2 Å². The zero-order chi connectivity index (χ0) is 17.0. The Morgan fingerprint density at radius 1 is 1.43 bits per heavy atom. The third-order valence-corrected chi connectivity index (χ3v) is 5.67. The normalized spacial score (nSPS) is 10.0. The van der Waals surface area contributed by atoms with E-state index in [0.717, 1.165) is 16.9 Å². The number of nitriles is 1. The zero-order valence-corrected chi connectivity index (χ0v) is 15.3. The first-order chi connectivity index (χ1) is 11.0. The molecule has 0 bridgehead atoms. The number of methoxy groups -OCH3 is 2. The van der Waals surface area contributed by atoms with Gasteiger partial charge < -0.3 is 19.9 Å². The number of thiophene rings is 1. The van der Waals surface area contributed by atoms with Crippen LogP contribution >= 0.6 is 33.9 Å². The molecule has 1 heterocycles. The topological polar surface area (TPSA) is 91.6 Å². The van der Waals surface area contributed by atoms with Gasteiger partial charge in [0, 0.05) is 18.2 Å². The molecule has 0 radical (unpaired) electrons. The number of nitrogens with zero attached hydrogens (tertiary/aromatic N) is 1. The minimum atomic E-state index is -1.04. The van der Waals surface area contributed by atoms with E-state index in [1.807, 2.05) is 40.8 Å². The summed E-state index contributed by atoms with van der Waals surface area (Å²) in [4.78, 5) is 11.3. The van der Waals surface area contributed by atoms with Gasteiger partial charge in [0.05, 0.1) is 17.8 Å². The molecular weight excluding hydrogens is 431 g/mol. The number of carboxylic acids is 1. The number of ether oxygens (including phenoxy) is 2. The van der Waals surface area contributed by atoms with Crippen molar-refractivity contribution in [1.82, 2.24) is 0 Å². The molecule has 23 heavy (non-hydrogen) atoms. The second-order valence-corrected chi connectivity index (χ2v) is 6.50. The van der Waals surface area contributed by atoms with Crippen LogP contribution in [0.15, 0.2) is 18.2 Å². The third-order valence-electron chi connectivity index (χ3n) is 3.09. The molecule has 6 nitrogen and oxygen atoms in total. The molecule has 0 unspecified atom stereocenters. The number of carbonyl (C=O) groups is 1. The van der Waals surface area contributed by atoms with E-state index < -0.39 is 5.97 Å². The number of aromatic carboxylic acids is 1. The monoisotopic (exact) mass is 444 g/mol. The highest BCUT2D eigenvalue weighted by atomic mass is 127. The number of hydrogen-bond acceptors (Lipinski definition) is 6. The molecule has 0 fully saturated rings. The second kappa shape index (κ2) is 7.52. The lowest BCUT2D eigenvalue weighted by Gasteiger charge is -2.11. The van der Waals surface area contributed by atoms with Gasteiger partial charge in [-0.2, -0.15) is 5.26 Å². The average Bonchev–Trinajstić information content (AvgIpc) is 2.88. The lowest BCUT2D eigenvalue weighted by atomic mass is 10.2. The number of benzene rings is 1.